The van der Waals surface area contributed by atoms with Gasteiger partial charge in [0.2, 0.25) is 0 Å². The van der Waals surface area contributed by atoms with E-state index in [1.54, 1.807) is 0 Å². The molecule has 0 saturated heterocycles. The molecule has 0 atom stereocenters. The van der Waals surface area contributed by atoms with Gasteiger partial charge in [0, 0.05) is 6.08 Å². The van der Waals surface area contributed by atoms with Crippen LogP contribution in [-0.2, 0) is 4.79 Å². The average molecular weight is 264 g/mol. The van der Waals surface area contributed by atoms with E-state index in [-0.39, 0.29) is 0 Å². The normalized spacial score (nSPS) is 12.4. The minimum atomic E-state index is -0.833. The lowest BCUT2D eigenvalue weighted by Gasteiger charge is -2.05. The Labute approximate surface area is 117 Å². The number of carboxylic acid groups (broad SMARTS) is 1. The predicted octanol–water partition coefficient (Wildman–Crippen LogP) is 5.27. The van der Waals surface area contributed by atoms with Crippen molar-refractivity contribution in [2.24, 2.45) is 0 Å². The summed E-state index contributed by atoms with van der Waals surface area (Å²) in [6, 6.07) is 0. The minimum Gasteiger partial charge on any atom is -0.478 e. The minimum absolute atomic E-state index is 0.819. The topological polar surface area (TPSA) is 37.3 Å². The summed E-state index contributed by atoms with van der Waals surface area (Å²) < 4.78 is 0. The Morgan fingerprint density at radius 1 is 0.947 bits per heavy atom. The van der Waals surface area contributed by atoms with Gasteiger partial charge < -0.3 is 5.11 Å². The largest absolute Gasteiger partial charge is 0.478 e. The summed E-state index contributed by atoms with van der Waals surface area (Å²) in [6.45, 7) is 8.44. The Hall–Kier alpha value is -1.31. The van der Waals surface area contributed by atoms with Gasteiger partial charge >= 0.3 is 5.97 Å². The van der Waals surface area contributed by atoms with Gasteiger partial charge in [-0.3, -0.25) is 0 Å². The van der Waals surface area contributed by atoms with Gasteiger partial charge in [0.25, 0.3) is 0 Å². The first kappa shape index (κ1) is 17.7. The summed E-state index contributed by atoms with van der Waals surface area (Å²) >= 11 is 0. The highest BCUT2D eigenvalue weighted by Crippen LogP contribution is 2.16. The standard InChI is InChI=1S/C17H28O2/c1-5-15(10-7-9-14(3)4)11-8-12-16(6-2)13-17(18)19/h9,11,13H,5-8,10,12H2,1-4H3,(H,18,19). The molecule has 0 spiro atoms. The van der Waals surface area contributed by atoms with Crippen LogP contribution in [0.25, 0.3) is 0 Å². The van der Waals surface area contributed by atoms with Crippen LogP contribution in [0.4, 0.5) is 0 Å². The third kappa shape index (κ3) is 10.3. The molecule has 0 radical (unpaired) electrons. The van der Waals surface area contributed by atoms with Gasteiger partial charge in [-0.1, -0.05) is 42.7 Å². The van der Waals surface area contributed by atoms with Gasteiger partial charge in [-0.25, -0.2) is 4.79 Å². The van der Waals surface area contributed by atoms with Crippen LogP contribution in [-0.4, -0.2) is 11.1 Å². The molecule has 2 nitrogen and oxygen atoms in total. The van der Waals surface area contributed by atoms with Gasteiger partial charge in [0.05, 0.1) is 0 Å². The van der Waals surface area contributed by atoms with Crippen LogP contribution in [0.5, 0.6) is 0 Å². The van der Waals surface area contributed by atoms with Crippen molar-refractivity contribution in [3.05, 3.63) is 34.9 Å². The van der Waals surface area contributed by atoms with Gasteiger partial charge in [-0.2, -0.15) is 0 Å². The van der Waals surface area contributed by atoms with E-state index in [0.717, 1.165) is 44.1 Å². The molecular formula is C17H28O2. The lowest BCUT2D eigenvalue weighted by atomic mass is 10.0. The number of allylic oxidation sites excluding steroid dienone is 5. The second-order valence-corrected chi connectivity index (χ2v) is 5.07. The zero-order chi connectivity index (χ0) is 14.7. The lowest BCUT2D eigenvalue weighted by molar-refractivity contribution is -0.131. The van der Waals surface area contributed by atoms with E-state index in [0.29, 0.717) is 0 Å². The van der Waals surface area contributed by atoms with Gasteiger partial charge in [-0.05, 0) is 52.4 Å². The maximum absolute atomic E-state index is 10.6. The summed E-state index contributed by atoms with van der Waals surface area (Å²) in [5.74, 6) is -0.833. The van der Waals surface area contributed by atoms with Gasteiger partial charge in [0.15, 0.2) is 0 Å². The molecule has 0 aromatic carbocycles. The van der Waals surface area contributed by atoms with Crippen LogP contribution in [0, 0.1) is 0 Å². The summed E-state index contributed by atoms with van der Waals surface area (Å²) in [7, 11) is 0. The number of rotatable bonds is 9. The molecule has 19 heavy (non-hydrogen) atoms. The van der Waals surface area contributed by atoms with Crippen LogP contribution in [0.15, 0.2) is 34.9 Å². The van der Waals surface area contributed by atoms with E-state index in [1.165, 1.54) is 17.2 Å². The van der Waals surface area contributed by atoms with Crippen molar-refractivity contribution >= 4 is 5.97 Å². The molecule has 0 aliphatic heterocycles. The molecule has 0 aliphatic carbocycles. The van der Waals surface area contributed by atoms with Crippen LogP contribution in [0.2, 0.25) is 0 Å². The zero-order valence-electron chi connectivity index (χ0n) is 12.8. The van der Waals surface area contributed by atoms with E-state index < -0.39 is 5.97 Å². The van der Waals surface area contributed by atoms with Gasteiger partial charge in [-0.15, -0.1) is 0 Å². The smallest absolute Gasteiger partial charge is 0.328 e. The molecule has 0 rings (SSSR count). The first-order valence-electron chi connectivity index (χ1n) is 7.23. The van der Waals surface area contributed by atoms with Crippen LogP contribution in [0.3, 0.4) is 0 Å². The van der Waals surface area contributed by atoms with Crippen molar-refractivity contribution in [2.75, 3.05) is 0 Å². The monoisotopic (exact) mass is 264 g/mol. The Morgan fingerprint density at radius 2 is 1.47 bits per heavy atom. The van der Waals surface area contributed by atoms with E-state index >= 15 is 0 Å². The number of carboxylic acids is 1. The molecule has 0 amide bonds. The first-order valence-corrected chi connectivity index (χ1v) is 7.23. The lowest BCUT2D eigenvalue weighted by Crippen LogP contribution is -1.92. The Balaban J connectivity index is 4.26. The molecule has 0 heterocycles. The van der Waals surface area contributed by atoms with Crippen molar-refractivity contribution in [2.45, 2.75) is 66.2 Å². The molecule has 0 aromatic rings. The molecule has 2 heteroatoms. The highest BCUT2D eigenvalue weighted by Gasteiger charge is 1.99. The van der Waals surface area contributed by atoms with Crippen LogP contribution in [0.1, 0.15) is 66.2 Å². The fourth-order valence-electron chi connectivity index (χ4n) is 1.96. The molecule has 0 aliphatic rings. The summed E-state index contributed by atoms with van der Waals surface area (Å²) in [5, 5.41) is 8.74. The second-order valence-electron chi connectivity index (χ2n) is 5.07. The number of aliphatic carboxylic acids is 1. The summed E-state index contributed by atoms with van der Waals surface area (Å²) in [5.41, 5.74) is 3.86. The molecule has 108 valence electrons. The highest BCUT2D eigenvalue weighted by molar-refractivity contribution is 5.80. The van der Waals surface area contributed by atoms with Crippen molar-refractivity contribution in [3.63, 3.8) is 0 Å². The fraction of sp³-hybridized carbons (Fsp3) is 0.588. The maximum Gasteiger partial charge on any atom is 0.328 e. The van der Waals surface area contributed by atoms with E-state index in [2.05, 4.69) is 32.9 Å². The molecule has 0 saturated carbocycles. The van der Waals surface area contributed by atoms with Crippen molar-refractivity contribution < 1.29 is 9.90 Å². The molecular weight excluding hydrogens is 236 g/mol. The Morgan fingerprint density at radius 3 is 1.95 bits per heavy atom. The number of carbonyl (C=O) groups is 1. The Kier molecular flexibility index (Phi) is 9.87. The van der Waals surface area contributed by atoms with E-state index in [4.69, 9.17) is 5.11 Å². The van der Waals surface area contributed by atoms with Crippen LogP contribution < -0.4 is 0 Å². The third-order valence-corrected chi connectivity index (χ3v) is 3.15. The van der Waals surface area contributed by atoms with Gasteiger partial charge in [0.1, 0.15) is 0 Å². The van der Waals surface area contributed by atoms with Crippen molar-refractivity contribution in [1.29, 1.82) is 0 Å². The molecule has 1 N–H and O–H groups in total. The molecule has 0 unspecified atom stereocenters. The van der Waals surface area contributed by atoms with Crippen molar-refractivity contribution in [3.8, 4) is 0 Å². The third-order valence-electron chi connectivity index (χ3n) is 3.15. The average Bonchev–Trinajstić information content (AvgIpc) is 2.34. The highest BCUT2D eigenvalue weighted by atomic mass is 16.4. The van der Waals surface area contributed by atoms with E-state index in [1.807, 2.05) is 6.92 Å². The first-order chi connectivity index (χ1) is 8.99. The molecule has 0 aromatic heterocycles. The zero-order valence-corrected chi connectivity index (χ0v) is 12.8. The van der Waals surface area contributed by atoms with Crippen molar-refractivity contribution in [1.82, 2.24) is 0 Å². The van der Waals surface area contributed by atoms with Crippen LogP contribution >= 0.6 is 0 Å². The summed E-state index contributed by atoms with van der Waals surface area (Å²) in [4.78, 5) is 10.6. The predicted molar refractivity (Wildman–Crippen MR) is 82.3 cm³/mol. The van der Waals surface area contributed by atoms with E-state index in [9.17, 15) is 4.79 Å². The quantitative estimate of drug-likeness (QED) is 0.455. The molecule has 0 fully saturated rings. The number of hydrogen-bond donors (Lipinski definition) is 1. The number of hydrogen-bond acceptors (Lipinski definition) is 1. The second kappa shape index (κ2) is 10.6. The summed E-state index contributed by atoms with van der Waals surface area (Å²) in [6.07, 6.45) is 11.8. The molecule has 0 bridgehead atoms. The Bertz CT molecular complexity index is 355. The maximum atomic E-state index is 10.6. The fourth-order valence-corrected chi connectivity index (χ4v) is 1.96. The SMILES string of the molecule is CCC(=CCCC(=CC(=O)O)CC)CCC=C(C)C.